The summed E-state index contributed by atoms with van der Waals surface area (Å²) in [6.45, 7) is 0.0965. The molecule has 1 unspecified atom stereocenters. The lowest BCUT2D eigenvalue weighted by molar-refractivity contribution is -0.156. The fraction of sp³-hybridized carbons (Fsp3) is 0.273. The highest BCUT2D eigenvalue weighted by molar-refractivity contribution is 7.90. The molecule has 0 saturated heterocycles. The third-order valence-electron chi connectivity index (χ3n) is 2.82. The van der Waals surface area contributed by atoms with Crippen molar-refractivity contribution in [1.82, 2.24) is 4.31 Å². The van der Waals surface area contributed by atoms with Gasteiger partial charge < -0.3 is 10.2 Å². The number of carbonyl (C=O) groups is 2. The van der Waals surface area contributed by atoms with Crippen LogP contribution in [-0.4, -0.2) is 47.0 Å². The van der Waals surface area contributed by atoms with Gasteiger partial charge in [-0.15, -0.1) is 0 Å². The van der Waals surface area contributed by atoms with E-state index in [9.17, 15) is 23.1 Å². The minimum absolute atomic E-state index is 0.0244. The van der Waals surface area contributed by atoms with Crippen LogP contribution in [0.1, 0.15) is 17.3 Å². The second-order valence-corrected chi connectivity index (χ2v) is 6.22. The highest BCUT2D eigenvalue weighted by Gasteiger charge is 2.46. The number of hydrogen-bond donors (Lipinski definition) is 2. The molecule has 8 heteroatoms. The number of carboxylic acids is 1. The van der Waals surface area contributed by atoms with Crippen LogP contribution in [0.2, 0.25) is 0 Å². The van der Waals surface area contributed by atoms with Gasteiger partial charge in [0.15, 0.2) is 5.60 Å². The topological polar surface area (TPSA) is 112 Å². The average molecular weight is 285 g/mol. The molecule has 1 heterocycles. The van der Waals surface area contributed by atoms with Gasteiger partial charge in [-0.1, -0.05) is 12.1 Å². The first kappa shape index (κ1) is 13.5. The summed E-state index contributed by atoms with van der Waals surface area (Å²) < 4.78 is 24.6. The maximum atomic E-state index is 12.1. The van der Waals surface area contributed by atoms with Gasteiger partial charge in [-0.3, -0.25) is 4.79 Å². The van der Waals surface area contributed by atoms with Gasteiger partial charge in [-0.2, -0.15) is 0 Å². The van der Waals surface area contributed by atoms with Crippen molar-refractivity contribution in [2.24, 2.45) is 0 Å². The quantitative estimate of drug-likeness (QED) is 0.786. The van der Waals surface area contributed by atoms with Crippen LogP contribution in [0.15, 0.2) is 29.2 Å². The highest BCUT2D eigenvalue weighted by Crippen LogP contribution is 2.31. The smallest absolute Gasteiger partial charge is 0.337 e. The molecular weight excluding hydrogens is 274 g/mol. The fourth-order valence-electron chi connectivity index (χ4n) is 1.73. The predicted molar refractivity (Wildman–Crippen MR) is 62.9 cm³/mol. The van der Waals surface area contributed by atoms with Crippen molar-refractivity contribution in [2.75, 3.05) is 6.54 Å². The minimum atomic E-state index is -4.10. The number of hydrogen-bond acceptors (Lipinski definition) is 5. The van der Waals surface area contributed by atoms with E-state index in [-0.39, 0.29) is 10.5 Å². The number of aliphatic carboxylic acids is 1. The Labute approximate surface area is 109 Å². The van der Waals surface area contributed by atoms with E-state index in [1.807, 2.05) is 0 Å². The van der Waals surface area contributed by atoms with Crippen LogP contribution in [0.5, 0.6) is 0 Å². The minimum Gasteiger partial charge on any atom is -0.479 e. The van der Waals surface area contributed by atoms with Crippen LogP contribution < -0.4 is 0 Å². The van der Waals surface area contributed by atoms with Gasteiger partial charge >= 0.3 is 5.97 Å². The molecule has 0 aromatic heterocycles. The molecule has 0 spiro atoms. The molecule has 2 N–H and O–H groups in total. The molecule has 1 aliphatic rings. The second-order valence-electron chi connectivity index (χ2n) is 4.39. The van der Waals surface area contributed by atoms with Crippen molar-refractivity contribution in [3.05, 3.63) is 29.8 Å². The Morgan fingerprint density at radius 2 is 1.95 bits per heavy atom. The highest BCUT2D eigenvalue weighted by atomic mass is 32.2. The molecule has 1 aliphatic heterocycles. The zero-order valence-corrected chi connectivity index (χ0v) is 10.7. The van der Waals surface area contributed by atoms with Crippen molar-refractivity contribution < 1.29 is 28.2 Å². The lowest BCUT2D eigenvalue weighted by Crippen LogP contribution is -2.48. The van der Waals surface area contributed by atoms with Crippen LogP contribution in [-0.2, 0) is 14.8 Å². The molecular formula is C11H11NO6S. The van der Waals surface area contributed by atoms with Crippen LogP contribution in [0, 0.1) is 0 Å². The number of sulfonamides is 1. The van der Waals surface area contributed by atoms with Gasteiger partial charge in [-0.25, -0.2) is 17.5 Å². The lowest BCUT2D eigenvalue weighted by atomic mass is 10.1. The summed E-state index contributed by atoms with van der Waals surface area (Å²) in [4.78, 5) is 22.6. The molecule has 1 aromatic rings. The van der Waals surface area contributed by atoms with Crippen molar-refractivity contribution in [1.29, 1.82) is 0 Å². The molecule has 0 bridgehead atoms. The number of aliphatic hydroxyl groups is 1. The Morgan fingerprint density at radius 1 is 1.37 bits per heavy atom. The molecule has 1 aromatic carbocycles. The SMILES string of the molecule is CC(O)(CN1C(=O)c2ccccc2S1(=O)=O)C(=O)O. The maximum absolute atomic E-state index is 12.1. The Hall–Kier alpha value is -1.93. The summed E-state index contributed by atoms with van der Waals surface area (Å²) in [5, 5.41) is 18.4. The molecule has 1 amide bonds. The number of amides is 1. The van der Waals surface area contributed by atoms with Gasteiger partial charge in [0.05, 0.1) is 12.1 Å². The number of β-amino-alcohol motifs (C(OH)–C–C–N with tert-alkyl or cyclic N) is 1. The van der Waals surface area contributed by atoms with Crippen LogP contribution in [0.25, 0.3) is 0 Å². The molecule has 19 heavy (non-hydrogen) atoms. The van der Waals surface area contributed by atoms with E-state index in [1.165, 1.54) is 24.3 Å². The third kappa shape index (κ3) is 1.98. The molecule has 0 aliphatic carbocycles. The van der Waals surface area contributed by atoms with Gasteiger partial charge in [0.25, 0.3) is 15.9 Å². The van der Waals surface area contributed by atoms with E-state index in [1.54, 1.807) is 0 Å². The fourth-order valence-corrected chi connectivity index (χ4v) is 3.39. The van der Waals surface area contributed by atoms with E-state index >= 15 is 0 Å². The number of carboxylic acid groups (broad SMARTS) is 1. The predicted octanol–water partition coefficient (Wildman–Crippen LogP) is -0.333. The normalized spacial score (nSPS) is 19.9. The van der Waals surface area contributed by atoms with Crippen LogP contribution in [0.4, 0.5) is 0 Å². The number of carbonyl (C=O) groups excluding carboxylic acids is 1. The van der Waals surface area contributed by atoms with Gasteiger partial charge in [-0.05, 0) is 19.1 Å². The van der Waals surface area contributed by atoms with Crippen molar-refractivity contribution >= 4 is 21.9 Å². The number of benzene rings is 1. The van der Waals surface area contributed by atoms with Gasteiger partial charge in [0.1, 0.15) is 4.90 Å². The third-order valence-corrected chi connectivity index (χ3v) is 4.61. The van der Waals surface area contributed by atoms with E-state index in [0.29, 0.717) is 4.31 Å². The largest absolute Gasteiger partial charge is 0.479 e. The Balaban J connectivity index is 2.47. The van der Waals surface area contributed by atoms with Crippen molar-refractivity contribution in [2.45, 2.75) is 17.4 Å². The van der Waals surface area contributed by atoms with Crippen LogP contribution >= 0.6 is 0 Å². The molecule has 2 rings (SSSR count). The number of nitrogens with zero attached hydrogens (tertiary/aromatic N) is 1. The Morgan fingerprint density at radius 3 is 2.47 bits per heavy atom. The first-order chi connectivity index (χ1) is 8.68. The standard InChI is InChI=1S/C11H11NO6S/c1-11(16,10(14)15)6-12-9(13)7-4-2-3-5-8(7)19(12,17)18/h2-5,16H,6H2,1H3,(H,14,15). The number of rotatable bonds is 3. The van der Waals surface area contributed by atoms with E-state index in [4.69, 9.17) is 5.11 Å². The Bertz CT molecular complexity index is 664. The summed E-state index contributed by atoms with van der Waals surface area (Å²) >= 11 is 0. The maximum Gasteiger partial charge on any atom is 0.337 e. The second kappa shape index (κ2) is 4.04. The zero-order valence-electron chi connectivity index (χ0n) is 9.90. The molecule has 1 atom stereocenters. The summed E-state index contributed by atoms with van der Waals surface area (Å²) in [5.41, 5.74) is -2.37. The molecule has 0 saturated carbocycles. The molecule has 0 radical (unpaired) electrons. The van der Waals surface area contributed by atoms with Gasteiger partial charge in [0.2, 0.25) is 0 Å². The molecule has 102 valence electrons. The van der Waals surface area contributed by atoms with E-state index in [2.05, 4.69) is 0 Å². The summed E-state index contributed by atoms with van der Waals surface area (Å²) in [6.07, 6.45) is 0. The van der Waals surface area contributed by atoms with Crippen LogP contribution in [0.3, 0.4) is 0 Å². The number of fused-ring (bicyclic) bond motifs is 1. The first-order valence-electron chi connectivity index (χ1n) is 5.30. The monoisotopic (exact) mass is 285 g/mol. The molecule has 7 nitrogen and oxygen atoms in total. The first-order valence-corrected chi connectivity index (χ1v) is 6.74. The van der Waals surface area contributed by atoms with Crippen molar-refractivity contribution in [3.8, 4) is 0 Å². The Kier molecular flexibility index (Phi) is 2.87. The summed E-state index contributed by atoms with van der Waals surface area (Å²) in [7, 11) is -4.10. The van der Waals surface area contributed by atoms with Gasteiger partial charge in [0, 0.05) is 0 Å². The molecule has 0 fully saturated rings. The summed E-state index contributed by atoms with van der Waals surface area (Å²) in [5.74, 6) is -2.44. The van der Waals surface area contributed by atoms with Crippen molar-refractivity contribution in [3.63, 3.8) is 0 Å². The lowest BCUT2D eigenvalue weighted by Gasteiger charge is -2.24. The van der Waals surface area contributed by atoms with E-state index in [0.717, 1.165) is 6.92 Å². The summed E-state index contributed by atoms with van der Waals surface area (Å²) in [6, 6.07) is 5.57. The average Bonchev–Trinajstić information content (AvgIpc) is 2.51. The zero-order chi connectivity index (χ0) is 14.4. The van der Waals surface area contributed by atoms with E-state index < -0.39 is 34.0 Å².